The largest absolute Gasteiger partial charge is 0.466 e. The molecule has 1 amide bonds. The number of fused-ring (bicyclic) bond motifs is 1. The molecular formula is C25H34FN3O3S. The first-order chi connectivity index (χ1) is 16.0. The number of halogens is 1. The van der Waals surface area contributed by atoms with Gasteiger partial charge in [0.2, 0.25) is 5.91 Å². The molecule has 6 nitrogen and oxygen atoms in total. The minimum Gasteiger partial charge on any atom is -0.466 e. The predicted octanol–water partition coefficient (Wildman–Crippen LogP) is 4.18. The van der Waals surface area contributed by atoms with E-state index in [-0.39, 0.29) is 29.7 Å². The Kier molecular flexibility index (Phi) is 8.20. The van der Waals surface area contributed by atoms with Crippen LogP contribution in [0, 0.1) is 11.7 Å². The summed E-state index contributed by atoms with van der Waals surface area (Å²) in [7, 11) is 0. The number of hydrogen-bond donors (Lipinski definition) is 1. The van der Waals surface area contributed by atoms with Gasteiger partial charge in [-0.3, -0.25) is 14.5 Å². The number of piperazine rings is 1. The van der Waals surface area contributed by atoms with E-state index in [0.29, 0.717) is 13.0 Å². The van der Waals surface area contributed by atoms with E-state index in [0.717, 1.165) is 74.9 Å². The molecule has 180 valence electrons. The van der Waals surface area contributed by atoms with Crippen molar-refractivity contribution in [2.75, 3.05) is 44.2 Å². The molecule has 0 radical (unpaired) electrons. The summed E-state index contributed by atoms with van der Waals surface area (Å²) in [5, 5.41) is 6.41. The number of nitrogens with zero attached hydrogens (tertiary/aromatic N) is 2. The molecule has 8 heteroatoms. The van der Waals surface area contributed by atoms with Gasteiger partial charge >= 0.3 is 5.97 Å². The van der Waals surface area contributed by atoms with Crippen LogP contribution in [-0.4, -0.2) is 62.1 Å². The summed E-state index contributed by atoms with van der Waals surface area (Å²) in [5.41, 5.74) is 1.20. The minimum atomic E-state index is -0.186. The van der Waals surface area contributed by atoms with Crippen LogP contribution in [0.25, 0.3) is 10.1 Å². The molecule has 33 heavy (non-hydrogen) atoms. The number of amides is 1. The summed E-state index contributed by atoms with van der Waals surface area (Å²) in [6.07, 6.45) is 4.68. The highest BCUT2D eigenvalue weighted by Gasteiger charge is 2.28. The van der Waals surface area contributed by atoms with Crippen molar-refractivity contribution < 1.29 is 18.7 Å². The van der Waals surface area contributed by atoms with Gasteiger partial charge in [-0.2, -0.15) is 0 Å². The van der Waals surface area contributed by atoms with Gasteiger partial charge in [0, 0.05) is 54.1 Å². The minimum absolute atomic E-state index is 0.00925. The SMILES string of the molecule is CCOC(=O)[C@H]1CC[C@H](NC(=O)CCCN2CCN(c3csc4cc(F)ccc34)CC2)CC1. The third kappa shape index (κ3) is 6.23. The quantitative estimate of drug-likeness (QED) is 0.581. The molecule has 0 bridgehead atoms. The van der Waals surface area contributed by atoms with Gasteiger partial charge in [-0.15, -0.1) is 11.3 Å². The Morgan fingerprint density at radius 2 is 1.91 bits per heavy atom. The van der Waals surface area contributed by atoms with E-state index in [1.807, 2.05) is 13.0 Å². The lowest BCUT2D eigenvalue weighted by molar-refractivity contribution is -0.149. The molecule has 1 N–H and O–H groups in total. The average molecular weight is 476 g/mol. The first-order valence-corrected chi connectivity index (χ1v) is 13.0. The summed E-state index contributed by atoms with van der Waals surface area (Å²) in [4.78, 5) is 29.0. The molecular weight excluding hydrogens is 441 g/mol. The number of hydrogen-bond acceptors (Lipinski definition) is 6. The van der Waals surface area contributed by atoms with E-state index in [4.69, 9.17) is 4.74 Å². The summed E-state index contributed by atoms with van der Waals surface area (Å²) >= 11 is 1.59. The number of carbonyl (C=O) groups excluding carboxylic acids is 2. The molecule has 2 aromatic rings. The monoisotopic (exact) mass is 475 g/mol. The molecule has 2 heterocycles. The number of carbonyl (C=O) groups is 2. The summed E-state index contributed by atoms with van der Waals surface area (Å²) in [6, 6.07) is 5.20. The maximum atomic E-state index is 13.5. The van der Waals surface area contributed by atoms with Crippen molar-refractivity contribution >= 4 is 39.0 Å². The van der Waals surface area contributed by atoms with Gasteiger partial charge < -0.3 is 15.0 Å². The van der Waals surface area contributed by atoms with Crippen LogP contribution in [0.15, 0.2) is 23.6 Å². The molecule has 1 saturated carbocycles. The number of benzene rings is 1. The van der Waals surface area contributed by atoms with E-state index in [2.05, 4.69) is 20.5 Å². The molecule has 1 aliphatic heterocycles. The van der Waals surface area contributed by atoms with Crippen LogP contribution in [0.3, 0.4) is 0 Å². The first kappa shape index (κ1) is 24.0. The van der Waals surface area contributed by atoms with Crippen molar-refractivity contribution in [3.05, 3.63) is 29.4 Å². The highest BCUT2D eigenvalue weighted by Crippen LogP contribution is 2.34. The molecule has 0 unspecified atom stereocenters. The fourth-order valence-electron chi connectivity index (χ4n) is 4.94. The van der Waals surface area contributed by atoms with Gasteiger partial charge in [-0.05, 0) is 63.8 Å². The fraction of sp³-hybridized carbons (Fsp3) is 0.600. The number of ether oxygens (including phenoxy) is 1. The highest BCUT2D eigenvalue weighted by molar-refractivity contribution is 7.17. The zero-order valence-electron chi connectivity index (χ0n) is 19.4. The molecule has 0 atom stereocenters. The van der Waals surface area contributed by atoms with Gasteiger partial charge in [0.15, 0.2) is 0 Å². The Morgan fingerprint density at radius 1 is 1.15 bits per heavy atom. The lowest BCUT2D eigenvalue weighted by Gasteiger charge is -2.36. The lowest BCUT2D eigenvalue weighted by Crippen LogP contribution is -2.46. The zero-order valence-corrected chi connectivity index (χ0v) is 20.2. The third-order valence-corrected chi connectivity index (χ3v) is 7.75. The molecule has 1 aliphatic carbocycles. The van der Waals surface area contributed by atoms with E-state index in [1.54, 1.807) is 17.4 Å². The van der Waals surface area contributed by atoms with Gasteiger partial charge in [-0.25, -0.2) is 4.39 Å². The summed E-state index contributed by atoms with van der Waals surface area (Å²) < 4.78 is 19.6. The second kappa shape index (κ2) is 11.3. The Hall–Kier alpha value is -2.19. The molecule has 1 aromatic carbocycles. The van der Waals surface area contributed by atoms with Crippen molar-refractivity contribution in [1.82, 2.24) is 10.2 Å². The Labute approximate surface area is 199 Å². The lowest BCUT2D eigenvalue weighted by atomic mass is 9.86. The first-order valence-electron chi connectivity index (χ1n) is 12.1. The van der Waals surface area contributed by atoms with Crippen molar-refractivity contribution in [2.24, 2.45) is 5.92 Å². The van der Waals surface area contributed by atoms with E-state index in [9.17, 15) is 14.0 Å². The van der Waals surface area contributed by atoms with Crippen molar-refractivity contribution in [2.45, 2.75) is 51.5 Å². The highest BCUT2D eigenvalue weighted by atomic mass is 32.1. The topological polar surface area (TPSA) is 61.9 Å². The standard InChI is InChI=1S/C25H34FN3O3S/c1-2-32-25(31)18-5-8-20(9-6-18)27-24(30)4-3-11-28-12-14-29(15-13-28)22-17-33-23-16-19(26)7-10-21(22)23/h7,10,16-18,20H,2-6,8-9,11-15H2,1H3,(H,27,30)/t18-,20-. The smallest absolute Gasteiger partial charge is 0.308 e. The van der Waals surface area contributed by atoms with Crippen molar-refractivity contribution in [3.8, 4) is 0 Å². The maximum Gasteiger partial charge on any atom is 0.308 e. The van der Waals surface area contributed by atoms with Gasteiger partial charge in [0.1, 0.15) is 5.82 Å². The number of nitrogens with one attached hydrogen (secondary N) is 1. The van der Waals surface area contributed by atoms with E-state index < -0.39 is 0 Å². The van der Waals surface area contributed by atoms with Crippen LogP contribution < -0.4 is 10.2 Å². The summed E-state index contributed by atoms with van der Waals surface area (Å²) in [6.45, 7) is 7.01. The van der Waals surface area contributed by atoms with Crippen LogP contribution in [-0.2, 0) is 14.3 Å². The average Bonchev–Trinajstić information content (AvgIpc) is 3.23. The van der Waals surface area contributed by atoms with Crippen LogP contribution in [0.5, 0.6) is 0 Å². The van der Waals surface area contributed by atoms with Crippen LogP contribution in [0.2, 0.25) is 0 Å². The van der Waals surface area contributed by atoms with Gasteiger partial charge in [0.05, 0.1) is 18.2 Å². The third-order valence-electron chi connectivity index (χ3n) is 6.82. The molecule has 4 rings (SSSR count). The second-order valence-corrected chi connectivity index (χ2v) is 9.97. The van der Waals surface area contributed by atoms with Gasteiger partial charge in [-0.1, -0.05) is 0 Å². The maximum absolute atomic E-state index is 13.5. The molecule has 2 fully saturated rings. The van der Waals surface area contributed by atoms with Crippen molar-refractivity contribution in [3.63, 3.8) is 0 Å². The Morgan fingerprint density at radius 3 is 2.64 bits per heavy atom. The number of esters is 1. The fourth-order valence-corrected chi connectivity index (χ4v) is 5.94. The second-order valence-electron chi connectivity index (χ2n) is 9.06. The zero-order chi connectivity index (χ0) is 23.2. The van der Waals surface area contributed by atoms with E-state index >= 15 is 0 Å². The molecule has 1 saturated heterocycles. The van der Waals surface area contributed by atoms with E-state index in [1.165, 1.54) is 11.8 Å². The van der Waals surface area contributed by atoms with Crippen LogP contribution in [0.1, 0.15) is 45.4 Å². The number of anilines is 1. The normalized spacial score (nSPS) is 21.8. The molecule has 1 aromatic heterocycles. The number of thiophene rings is 1. The Balaban J connectivity index is 1.13. The van der Waals surface area contributed by atoms with Gasteiger partial charge in [0.25, 0.3) is 0 Å². The van der Waals surface area contributed by atoms with Crippen LogP contribution >= 0.6 is 11.3 Å². The van der Waals surface area contributed by atoms with Crippen LogP contribution in [0.4, 0.5) is 10.1 Å². The summed E-state index contributed by atoms with van der Waals surface area (Å²) in [5.74, 6) is -0.173. The molecule has 0 spiro atoms. The molecule has 2 aliphatic rings. The Bertz CT molecular complexity index is 950. The van der Waals surface area contributed by atoms with Crippen molar-refractivity contribution in [1.29, 1.82) is 0 Å². The number of rotatable bonds is 8. The predicted molar refractivity (Wildman–Crippen MR) is 130 cm³/mol.